The van der Waals surface area contributed by atoms with Crippen LogP contribution in [0, 0.1) is 0 Å². The third-order valence-electron chi connectivity index (χ3n) is 4.94. The van der Waals surface area contributed by atoms with Crippen LogP contribution in [0.2, 0.25) is 0 Å². The molecule has 0 saturated carbocycles. The normalized spacial score (nSPS) is 31.4. The first kappa shape index (κ1) is 15.0. The number of likely N-dealkylation sites (tertiary alicyclic amines) is 1. The Labute approximate surface area is 130 Å². The summed E-state index contributed by atoms with van der Waals surface area (Å²) in [6.07, 6.45) is 2.73. The molecule has 0 bridgehead atoms. The van der Waals surface area contributed by atoms with Crippen molar-refractivity contribution in [2.45, 2.75) is 50.2 Å². The van der Waals surface area contributed by atoms with Gasteiger partial charge in [-0.25, -0.2) is 0 Å². The lowest BCUT2D eigenvalue weighted by molar-refractivity contribution is -0.138. The van der Waals surface area contributed by atoms with Gasteiger partial charge in [0, 0.05) is 6.42 Å². The average molecular weight is 302 g/mol. The second-order valence-corrected chi connectivity index (χ2v) is 6.46. The van der Waals surface area contributed by atoms with Crippen LogP contribution in [-0.4, -0.2) is 40.0 Å². The molecule has 2 saturated heterocycles. The van der Waals surface area contributed by atoms with Gasteiger partial charge in [0.05, 0.1) is 17.6 Å². The van der Waals surface area contributed by atoms with Crippen molar-refractivity contribution in [3.63, 3.8) is 0 Å². The minimum absolute atomic E-state index is 0.0510. The zero-order valence-corrected chi connectivity index (χ0v) is 12.8. The van der Waals surface area contributed by atoms with Gasteiger partial charge in [-0.05, 0) is 31.7 Å². The summed E-state index contributed by atoms with van der Waals surface area (Å²) in [5.74, 6) is -0.214. The van der Waals surface area contributed by atoms with E-state index in [0.717, 1.165) is 18.4 Å². The van der Waals surface area contributed by atoms with Crippen molar-refractivity contribution in [2.75, 3.05) is 6.61 Å². The Hall–Kier alpha value is -1.88. The van der Waals surface area contributed by atoms with Crippen molar-refractivity contribution in [2.24, 2.45) is 0 Å². The van der Waals surface area contributed by atoms with Crippen molar-refractivity contribution < 1.29 is 14.7 Å². The molecular weight excluding hydrogens is 280 g/mol. The fraction of sp³-hybridized carbons (Fsp3) is 0.529. The minimum Gasteiger partial charge on any atom is -0.387 e. The number of hydrogen-bond donors (Lipinski definition) is 2. The molecule has 0 unspecified atom stereocenters. The van der Waals surface area contributed by atoms with Crippen LogP contribution in [0.5, 0.6) is 0 Å². The highest BCUT2D eigenvalue weighted by molar-refractivity contribution is 5.81. The van der Waals surface area contributed by atoms with Gasteiger partial charge in [-0.15, -0.1) is 0 Å². The Balaban J connectivity index is 2.00. The number of nitrogens with one attached hydrogen (secondary N) is 1. The molecule has 0 radical (unpaired) electrons. The Morgan fingerprint density at radius 2 is 2.14 bits per heavy atom. The molecule has 2 aliphatic rings. The van der Waals surface area contributed by atoms with Gasteiger partial charge >= 0.3 is 0 Å². The molecular formula is C17H22N2O3. The van der Waals surface area contributed by atoms with E-state index in [0.29, 0.717) is 12.8 Å². The number of benzene rings is 1. The number of fused-ring (bicyclic) bond motifs is 1. The molecule has 1 aromatic carbocycles. The van der Waals surface area contributed by atoms with Crippen LogP contribution in [0.3, 0.4) is 0 Å². The van der Waals surface area contributed by atoms with E-state index >= 15 is 0 Å². The molecule has 2 fully saturated rings. The van der Waals surface area contributed by atoms with Crippen LogP contribution in [0.4, 0.5) is 0 Å². The number of nitrogens with zero attached hydrogens (tertiary/aromatic N) is 1. The number of rotatable bonds is 2. The quantitative estimate of drug-likeness (QED) is 0.867. The average Bonchev–Trinajstić information content (AvgIpc) is 2.71. The highest BCUT2D eigenvalue weighted by Gasteiger charge is 2.52. The summed E-state index contributed by atoms with van der Waals surface area (Å²) in [5.41, 5.74) is 0.617. The van der Waals surface area contributed by atoms with E-state index < -0.39 is 12.1 Å². The second-order valence-electron chi connectivity index (χ2n) is 6.46. The lowest BCUT2D eigenvalue weighted by Crippen LogP contribution is -2.54. The van der Waals surface area contributed by atoms with E-state index in [1.54, 1.807) is 4.90 Å². The van der Waals surface area contributed by atoms with Gasteiger partial charge in [0.2, 0.25) is 11.8 Å². The fourth-order valence-electron chi connectivity index (χ4n) is 3.97. The van der Waals surface area contributed by atoms with Gasteiger partial charge < -0.3 is 15.3 Å². The maximum Gasteiger partial charge on any atom is 0.249 e. The van der Waals surface area contributed by atoms with Crippen LogP contribution in [0.1, 0.15) is 44.2 Å². The first-order chi connectivity index (χ1) is 10.5. The van der Waals surface area contributed by atoms with Crippen LogP contribution in [0.25, 0.3) is 0 Å². The van der Waals surface area contributed by atoms with Gasteiger partial charge in [0.25, 0.3) is 0 Å². The molecule has 0 aromatic heterocycles. The molecule has 118 valence electrons. The van der Waals surface area contributed by atoms with E-state index in [9.17, 15) is 14.7 Å². The Morgan fingerprint density at radius 1 is 1.41 bits per heavy atom. The van der Waals surface area contributed by atoms with Crippen LogP contribution >= 0.6 is 0 Å². The van der Waals surface area contributed by atoms with Crippen molar-refractivity contribution in [1.29, 1.82) is 0 Å². The Morgan fingerprint density at radius 3 is 2.82 bits per heavy atom. The number of aliphatic hydroxyl groups is 1. The minimum atomic E-state index is -0.496. The maximum atomic E-state index is 12.4. The Kier molecular flexibility index (Phi) is 3.91. The fourth-order valence-corrected chi connectivity index (χ4v) is 3.97. The van der Waals surface area contributed by atoms with Gasteiger partial charge in [-0.3, -0.25) is 9.59 Å². The molecule has 2 aliphatic heterocycles. The van der Waals surface area contributed by atoms with Crippen molar-refractivity contribution in [3.8, 4) is 0 Å². The third-order valence-corrected chi connectivity index (χ3v) is 4.94. The molecule has 5 heteroatoms. The highest BCUT2D eigenvalue weighted by Crippen LogP contribution is 2.45. The number of hydrogen-bond acceptors (Lipinski definition) is 3. The van der Waals surface area contributed by atoms with Crippen molar-refractivity contribution in [1.82, 2.24) is 10.2 Å². The smallest absolute Gasteiger partial charge is 0.249 e. The van der Waals surface area contributed by atoms with Gasteiger partial charge in [-0.1, -0.05) is 30.3 Å². The summed E-state index contributed by atoms with van der Waals surface area (Å²) >= 11 is 0. The van der Waals surface area contributed by atoms with E-state index in [1.807, 2.05) is 37.3 Å². The maximum absolute atomic E-state index is 12.4. The zero-order valence-electron chi connectivity index (χ0n) is 12.8. The largest absolute Gasteiger partial charge is 0.387 e. The number of amides is 2. The predicted molar refractivity (Wildman–Crippen MR) is 81.9 cm³/mol. The van der Waals surface area contributed by atoms with E-state index in [2.05, 4.69) is 5.32 Å². The predicted octanol–water partition coefficient (Wildman–Crippen LogP) is 1.38. The number of carbonyl (C=O) groups excluding carboxylic acids is 2. The molecule has 2 amide bonds. The lowest BCUT2D eigenvalue weighted by Gasteiger charge is -2.34. The summed E-state index contributed by atoms with van der Waals surface area (Å²) in [6, 6.07) is 9.67. The van der Waals surface area contributed by atoms with Gasteiger partial charge in [-0.2, -0.15) is 0 Å². The molecule has 0 aliphatic carbocycles. The summed E-state index contributed by atoms with van der Waals surface area (Å²) in [7, 11) is 0. The molecule has 2 N–H and O–H groups in total. The topological polar surface area (TPSA) is 69.6 Å². The summed E-state index contributed by atoms with van der Waals surface area (Å²) in [5, 5.41) is 12.5. The monoisotopic (exact) mass is 302 g/mol. The van der Waals surface area contributed by atoms with Crippen LogP contribution in [0.15, 0.2) is 30.3 Å². The number of carbonyl (C=O) groups is 2. The highest BCUT2D eigenvalue weighted by atomic mass is 16.3. The first-order valence-corrected chi connectivity index (χ1v) is 7.83. The number of aliphatic hydroxyl groups excluding tert-OH is 1. The van der Waals surface area contributed by atoms with Crippen LogP contribution < -0.4 is 5.32 Å². The second kappa shape index (κ2) is 5.72. The molecule has 0 spiro atoms. The van der Waals surface area contributed by atoms with E-state index in [-0.39, 0.29) is 23.9 Å². The third kappa shape index (κ3) is 2.50. The van der Waals surface area contributed by atoms with Crippen molar-refractivity contribution >= 4 is 11.8 Å². The molecule has 3 rings (SSSR count). The summed E-state index contributed by atoms with van der Waals surface area (Å²) in [4.78, 5) is 26.1. The van der Waals surface area contributed by atoms with E-state index in [4.69, 9.17) is 0 Å². The Bertz CT molecular complexity index is 575. The van der Waals surface area contributed by atoms with Crippen molar-refractivity contribution in [3.05, 3.63) is 35.9 Å². The van der Waals surface area contributed by atoms with Gasteiger partial charge in [0.15, 0.2) is 0 Å². The summed E-state index contributed by atoms with van der Waals surface area (Å²) < 4.78 is 0. The molecule has 22 heavy (non-hydrogen) atoms. The first-order valence-electron chi connectivity index (χ1n) is 7.83. The molecule has 2 heterocycles. The van der Waals surface area contributed by atoms with E-state index in [1.165, 1.54) is 0 Å². The molecule has 5 nitrogen and oxygen atoms in total. The standard InChI is InChI=1S/C17H22N2O3/c1-17-10-13(12-6-3-2-4-7-12)19(16(22)11-20)14(17)8-5-9-15(21)18-17/h2-4,6-7,13-14,20H,5,8-11H2,1H3,(H,18,21)/t13-,14-,17-/m0/s1. The SMILES string of the molecule is C[C@]12C[C@@H](c3ccccc3)N(C(=O)CO)[C@H]1CCCC(=O)N2. The molecule has 1 aromatic rings. The summed E-state index contributed by atoms with van der Waals surface area (Å²) in [6.45, 7) is 1.52. The van der Waals surface area contributed by atoms with Crippen LogP contribution in [-0.2, 0) is 9.59 Å². The van der Waals surface area contributed by atoms with Gasteiger partial charge in [0.1, 0.15) is 6.61 Å². The zero-order chi connectivity index (χ0) is 15.7. The molecule has 3 atom stereocenters. The lowest BCUT2D eigenvalue weighted by atomic mass is 9.88.